The number of para-hydroxylation sites is 1. The Labute approximate surface area is 132 Å². The molecule has 5 nitrogen and oxygen atoms in total. The van der Waals surface area contributed by atoms with Gasteiger partial charge in [0.25, 0.3) is 0 Å². The molecule has 1 atom stereocenters. The highest BCUT2D eigenvalue weighted by Crippen LogP contribution is 2.34. The molecule has 1 unspecified atom stereocenters. The van der Waals surface area contributed by atoms with E-state index in [1.165, 1.54) is 12.1 Å². The van der Waals surface area contributed by atoms with Gasteiger partial charge >= 0.3 is 12.2 Å². The Hall–Kier alpha value is -1.80. The molecule has 1 aromatic rings. The van der Waals surface area contributed by atoms with Gasteiger partial charge in [-0.25, -0.2) is 4.79 Å². The summed E-state index contributed by atoms with van der Waals surface area (Å²) >= 11 is 0. The lowest BCUT2D eigenvalue weighted by Gasteiger charge is -2.16. The van der Waals surface area contributed by atoms with Gasteiger partial charge in [-0.3, -0.25) is 0 Å². The predicted molar refractivity (Wildman–Crippen MR) is 80.1 cm³/mol. The fourth-order valence-electron chi connectivity index (χ4n) is 1.72. The molecule has 0 radical (unpaired) electrons. The van der Waals surface area contributed by atoms with Crippen molar-refractivity contribution in [3.63, 3.8) is 0 Å². The average Bonchev–Trinajstić information content (AvgIpc) is 2.44. The molecule has 0 aliphatic carbocycles. The van der Waals surface area contributed by atoms with Gasteiger partial charge in [0.1, 0.15) is 0 Å². The number of urea groups is 1. The van der Waals surface area contributed by atoms with Gasteiger partial charge in [-0.05, 0) is 18.1 Å². The molecular formula is C15H21F3N2O3. The second kappa shape index (κ2) is 8.73. The monoisotopic (exact) mass is 334 g/mol. The molecular weight excluding hydrogens is 313 g/mol. The van der Waals surface area contributed by atoms with E-state index in [1.807, 2.05) is 13.8 Å². The Morgan fingerprint density at radius 2 is 1.91 bits per heavy atom. The number of aliphatic hydroxyl groups excluding tert-OH is 1. The predicted octanol–water partition coefficient (Wildman–Crippen LogP) is 2.86. The van der Waals surface area contributed by atoms with E-state index in [0.29, 0.717) is 12.5 Å². The lowest BCUT2D eigenvalue weighted by molar-refractivity contribution is -0.136. The first-order valence-electron chi connectivity index (χ1n) is 7.17. The summed E-state index contributed by atoms with van der Waals surface area (Å²) in [6.45, 7) is 4.30. The van der Waals surface area contributed by atoms with E-state index in [-0.39, 0.29) is 18.8 Å². The van der Waals surface area contributed by atoms with Gasteiger partial charge < -0.3 is 20.5 Å². The molecule has 130 valence electrons. The van der Waals surface area contributed by atoms with Gasteiger partial charge in [-0.2, -0.15) is 13.2 Å². The van der Waals surface area contributed by atoms with Crippen molar-refractivity contribution >= 4 is 11.7 Å². The van der Waals surface area contributed by atoms with Crippen molar-refractivity contribution in [1.29, 1.82) is 0 Å². The number of benzene rings is 1. The zero-order valence-electron chi connectivity index (χ0n) is 13.0. The summed E-state index contributed by atoms with van der Waals surface area (Å²) in [5.41, 5.74) is -1.28. The summed E-state index contributed by atoms with van der Waals surface area (Å²) in [7, 11) is 0. The summed E-state index contributed by atoms with van der Waals surface area (Å²) < 4.78 is 43.6. The molecule has 0 spiro atoms. The summed E-state index contributed by atoms with van der Waals surface area (Å²) in [6.07, 6.45) is -5.49. The molecule has 8 heteroatoms. The van der Waals surface area contributed by atoms with Crippen molar-refractivity contribution in [2.75, 3.05) is 25.1 Å². The molecule has 1 aromatic carbocycles. The molecule has 0 saturated carbocycles. The number of aliphatic hydroxyl groups is 1. The van der Waals surface area contributed by atoms with Crippen LogP contribution in [-0.2, 0) is 10.9 Å². The van der Waals surface area contributed by atoms with Crippen molar-refractivity contribution in [3.05, 3.63) is 29.8 Å². The van der Waals surface area contributed by atoms with Crippen molar-refractivity contribution in [2.45, 2.75) is 26.1 Å². The number of carbonyl (C=O) groups is 1. The van der Waals surface area contributed by atoms with Gasteiger partial charge in [-0.1, -0.05) is 26.0 Å². The van der Waals surface area contributed by atoms with Crippen molar-refractivity contribution in [1.82, 2.24) is 5.32 Å². The molecule has 0 fully saturated rings. The van der Waals surface area contributed by atoms with Gasteiger partial charge in [0.05, 0.1) is 24.0 Å². The number of amides is 2. The highest BCUT2D eigenvalue weighted by molar-refractivity contribution is 5.90. The Bertz CT molecular complexity index is 507. The molecule has 0 aliphatic heterocycles. The van der Waals surface area contributed by atoms with Crippen LogP contribution in [0.4, 0.5) is 23.7 Å². The van der Waals surface area contributed by atoms with E-state index in [9.17, 15) is 23.1 Å². The molecule has 0 bridgehead atoms. The van der Waals surface area contributed by atoms with Crippen LogP contribution in [0.5, 0.6) is 0 Å². The molecule has 2 amide bonds. The van der Waals surface area contributed by atoms with Crippen LogP contribution < -0.4 is 10.6 Å². The van der Waals surface area contributed by atoms with Gasteiger partial charge in [-0.15, -0.1) is 0 Å². The van der Waals surface area contributed by atoms with E-state index in [4.69, 9.17) is 4.74 Å². The van der Waals surface area contributed by atoms with Crippen LogP contribution in [0, 0.1) is 5.92 Å². The SMILES string of the molecule is CC(C)COCC(O)CNC(=O)Nc1ccccc1C(F)(F)F. The van der Waals surface area contributed by atoms with Crippen LogP contribution in [-0.4, -0.2) is 37.0 Å². The number of rotatable bonds is 7. The van der Waals surface area contributed by atoms with E-state index in [2.05, 4.69) is 10.6 Å². The van der Waals surface area contributed by atoms with E-state index in [1.54, 1.807) is 0 Å². The summed E-state index contributed by atoms with van der Waals surface area (Å²) in [4.78, 5) is 11.6. The number of ether oxygens (including phenoxy) is 1. The zero-order chi connectivity index (χ0) is 17.5. The Morgan fingerprint density at radius 1 is 1.26 bits per heavy atom. The third-order valence-electron chi connectivity index (χ3n) is 2.74. The van der Waals surface area contributed by atoms with Crippen LogP contribution in [0.3, 0.4) is 0 Å². The van der Waals surface area contributed by atoms with Crippen molar-refractivity contribution < 1.29 is 27.8 Å². The van der Waals surface area contributed by atoms with E-state index >= 15 is 0 Å². The number of halogens is 3. The number of hydrogen-bond acceptors (Lipinski definition) is 3. The lowest BCUT2D eigenvalue weighted by Crippen LogP contribution is -2.37. The largest absolute Gasteiger partial charge is 0.418 e. The average molecular weight is 334 g/mol. The third kappa shape index (κ3) is 7.34. The normalized spacial score (nSPS) is 13.0. The third-order valence-corrected chi connectivity index (χ3v) is 2.74. The van der Waals surface area contributed by atoms with E-state index in [0.717, 1.165) is 12.1 Å². The second-order valence-corrected chi connectivity index (χ2v) is 5.46. The van der Waals surface area contributed by atoms with Crippen LogP contribution in [0.2, 0.25) is 0 Å². The first-order chi connectivity index (χ1) is 10.7. The number of carbonyl (C=O) groups excluding carboxylic acids is 1. The fraction of sp³-hybridized carbons (Fsp3) is 0.533. The highest BCUT2D eigenvalue weighted by Gasteiger charge is 2.33. The second-order valence-electron chi connectivity index (χ2n) is 5.46. The quantitative estimate of drug-likeness (QED) is 0.718. The molecule has 23 heavy (non-hydrogen) atoms. The fourth-order valence-corrected chi connectivity index (χ4v) is 1.72. The highest BCUT2D eigenvalue weighted by atomic mass is 19.4. The van der Waals surface area contributed by atoms with Gasteiger partial charge in [0.15, 0.2) is 0 Å². The van der Waals surface area contributed by atoms with Crippen LogP contribution >= 0.6 is 0 Å². The van der Waals surface area contributed by atoms with Gasteiger partial charge in [0, 0.05) is 13.2 Å². The zero-order valence-corrected chi connectivity index (χ0v) is 13.0. The first-order valence-corrected chi connectivity index (χ1v) is 7.17. The number of nitrogens with one attached hydrogen (secondary N) is 2. The number of anilines is 1. The van der Waals surface area contributed by atoms with Crippen LogP contribution in [0.15, 0.2) is 24.3 Å². The van der Waals surface area contributed by atoms with Crippen molar-refractivity contribution in [2.24, 2.45) is 5.92 Å². The lowest BCUT2D eigenvalue weighted by atomic mass is 10.1. The Balaban J connectivity index is 2.46. The Kier molecular flexibility index (Phi) is 7.31. The Morgan fingerprint density at radius 3 is 2.52 bits per heavy atom. The molecule has 3 N–H and O–H groups in total. The standard InChI is InChI=1S/C15H21F3N2O3/c1-10(2)8-23-9-11(21)7-19-14(22)20-13-6-4-3-5-12(13)15(16,17)18/h3-6,10-11,21H,7-9H2,1-2H3,(H2,19,20,22). The molecule has 0 aliphatic rings. The topological polar surface area (TPSA) is 70.6 Å². The molecule has 1 rings (SSSR count). The maximum Gasteiger partial charge on any atom is 0.418 e. The van der Waals surface area contributed by atoms with Crippen LogP contribution in [0.1, 0.15) is 19.4 Å². The summed E-state index contributed by atoms with van der Waals surface area (Å²) in [6, 6.07) is 3.83. The van der Waals surface area contributed by atoms with Gasteiger partial charge in [0.2, 0.25) is 0 Å². The molecule has 0 aromatic heterocycles. The summed E-state index contributed by atoms with van der Waals surface area (Å²) in [5, 5.41) is 14.0. The maximum absolute atomic E-state index is 12.8. The minimum absolute atomic E-state index is 0.0393. The first kappa shape index (κ1) is 19.2. The summed E-state index contributed by atoms with van der Waals surface area (Å²) in [5.74, 6) is 0.317. The minimum Gasteiger partial charge on any atom is -0.389 e. The maximum atomic E-state index is 12.8. The minimum atomic E-state index is -4.56. The smallest absolute Gasteiger partial charge is 0.389 e. The number of hydrogen-bond donors (Lipinski definition) is 3. The van der Waals surface area contributed by atoms with Crippen LogP contribution in [0.25, 0.3) is 0 Å². The molecule has 0 heterocycles. The van der Waals surface area contributed by atoms with Crippen molar-refractivity contribution in [3.8, 4) is 0 Å². The van der Waals surface area contributed by atoms with E-state index < -0.39 is 23.9 Å². The molecule has 0 saturated heterocycles. The number of alkyl halides is 3.